The summed E-state index contributed by atoms with van der Waals surface area (Å²) in [6.45, 7) is 6.48. The largest absolute Gasteiger partial charge is 0.497 e. The number of benzene rings is 1. The zero-order chi connectivity index (χ0) is 20.6. The maximum absolute atomic E-state index is 12.3. The number of rotatable bonds is 7. The van der Waals surface area contributed by atoms with Crippen LogP contribution in [0, 0.1) is 0 Å². The normalized spacial score (nSPS) is 18.8. The first-order chi connectivity index (χ1) is 14.1. The van der Waals surface area contributed by atoms with Gasteiger partial charge in [0.25, 0.3) is 0 Å². The number of ether oxygens (including phenoxy) is 2. The van der Waals surface area contributed by atoms with E-state index in [1.807, 2.05) is 30.0 Å². The molecule has 0 aliphatic carbocycles. The van der Waals surface area contributed by atoms with E-state index < -0.39 is 0 Å². The maximum Gasteiger partial charge on any atom is 0.244 e. The van der Waals surface area contributed by atoms with Gasteiger partial charge < -0.3 is 29.9 Å². The summed E-state index contributed by atoms with van der Waals surface area (Å²) in [6.07, 6.45) is 3.19. The van der Waals surface area contributed by atoms with Crippen molar-refractivity contribution in [2.24, 2.45) is 4.99 Å². The lowest BCUT2D eigenvalue weighted by atomic mass is 10.2. The van der Waals surface area contributed by atoms with Crippen LogP contribution in [0.3, 0.4) is 0 Å². The van der Waals surface area contributed by atoms with E-state index in [0.29, 0.717) is 5.96 Å². The van der Waals surface area contributed by atoms with Gasteiger partial charge in [-0.3, -0.25) is 4.79 Å². The summed E-state index contributed by atoms with van der Waals surface area (Å²) in [6, 6.07) is 6.19. The van der Waals surface area contributed by atoms with Crippen molar-refractivity contribution in [2.75, 3.05) is 58.4 Å². The molecule has 2 aliphatic rings. The Morgan fingerprint density at radius 2 is 1.80 bits per heavy atom. The first-order valence-electron chi connectivity index (χ1n) is 10.4. The fraction of sp³-hybridized carbons (Fsp3) is 0.619. The van der Waals surface area contributed by atoms with Crippen molar-refractivity contribution in [1.82, 2.24) is 15.5 Å². The van der Waals surface area contributed by atoms with Gasteiger partial charge in [-0.2, -0.15) is 0 Å². The van der Waals surface area contributed by atoms with Crippen LogP contribution in [0.4, 0.5) is 5.69 Å². The molecule has 2 saturated heterocycles. The Kier molecular flexibility index (Phi) is 9.80. The molecule has 3 rings (SSSR count). The lowest BCUT2D eigenvalue weighted by Gasteiger charge is -2.21. The molecule has 30 heavy (non-hydrogen) atoms. The Balaban J connectivity index is 0.00000320. The van der Waals surface area contributed by atoms with Crippen LogP contribution in [-0.2, 0) is 4.79 Å². The minimum Gasteiger partial charge on any atom is -0.497 e. The first kappa shape index (κ1) is 24.4. The second-order valence-corrected chi connectivity index (χ2v) is 7.43. The highest BCUT2D eigenvalue weighted by Crippen LogP contribution is 2.30. The zero-order valence-corrected chi connectivity index (χ0v) is 20.5. The van der Waals surface area contributed by atoms with Crippen LogP contribution in [0.1, 0.15) is 26.2 Å². The van der Waals surface area contributed by atoms with Gasteiger partial charge in [0.2, 0.25) is 5.91 Å². The lowest BCUT2D eigenvalue weighted by Crippen LogP contribution is -2.45. The number of anilines is 1. The molecule has 0 saturated carbocycles. The minimum absolute atomic E-state index is 0. The third-order valence-corrected chi connectivity index (χ3v) is 5.41. The molecule has 1 amide bonds. The molecule has 168 valence electrons. The van der Waals surface area contributed by atoms with Gasteiger partial charge in [-0.15, -0.1) is 24.0 Å². The van der Waals surface area contributed by atoms with E-state index >= 15 is 0 Å². The van der Waals surface area contributed by atoms with E-state index in [1.165, 1.54) is 0 Å². The molecule has 2 N–H and O–H groups in total. The number of carbonyl (C=O) groups excluding carboxylic acids is 1. The molecule has 0 bridgehead atoms. The van der Waals surface area contributed by atoms with E-state index in [-0.39, 0.29) is 42.5 Å². The highest BCUT2D eigenvalue weighted by molar-refractivity contribution is 14.0. The third-order valence-electron chi connectivity index (χ3n) is 5.41. The Morgan fingerprint density at radius 1 is 1.13 bits per heavy atom. The SMILES string of the molecule is CCNC(=NCC(=O)N1CCCC1)NC1CCN(c2cc(OC)cc(OC)c2)C1.I. The number of methoxy groups -OCH3 is 2. The van der Waals surface area contributed by atoms with Crippen LogP contribution in [0.5, 0.6) is 11.5 Å². The first-order valence-corrected chi connectivity index (χ1v) is 10.4. The monoisotopic (exact) mass is 531 g/mol. The second kappa shape index (κ2) is 12.1. The minimum atomic E-state index is 0. The second-order valence-electron chi connectivity index (χ2n) is 7.43. The zero-order valence-electron chi connectivity index (χ0n) is 18.1. The molecular weight excluding hydrogens is 497 g/mol. The molecule has 8 nitrogen and oxygen atoms in total. The summed E-state index contributed by atoms with van der Waals surface area (Å²) in [5.41, 5.74) is 1.08. The van der Waals surface area contributed by atoms with Crippen molar-refractivity contribution in [3.63, 3.8) is 0 Å². The molecule has 2 fully saturated rings. The van der Waals surface area contributed by atoms with E-state index in [9.17, 15) is 4.79 Å². The van der Waals surface area contributed by atoms with Crippen LogP contribution < -0.4 is 25.0 Å². The Labute approximate surface area is 196 Å². The lowest BCUT2D eigenvalue weighted by molar-refractivity contribution is -0.128. The Hall–Kier alpha value is -1.91. The molecule has 0 aromatic heterocycles. The third kappa shape index (κ3) is 6.55. The van der Waals surface area contributed by atoms with E-state index in [2.05, 4.69) is 20.5 Å². The summed E-state index contributed by atoms with van der Waals surface area (Å²) in [4.78, 5) is 21.0. The number of nitrogens with one attached hydrogen (secondary N) is 2. The molecule has 1 aromatic carbocycles. The smallest absolute Gasteiger partial charge is 0.244 e. The number of aliphatic imine (C=N–C) groups is 1. The van der Waals surface area contributed by atoms with E-state index in [4.69, 9.17) is 9.47 Å². The van der Waals surface area contributed by atoms with Crippen molar-refractivity contribution in [3.05, 3.63) is 18.2 Å². The Bertz CT molecular complexity index is 702. The van der Waals surface area contributed by atoms with Crippen molar-refractivity contribution in [1.29, 1.82) is 0 Å². The van der Waals surface area contributed by atoms with Gasteiger partial charge in [0.1, 0.15) is 18.0 Å². The van der Waals surface area contributed by atoms with Crippen molar-refractivity contribution >= 4 is 41.5 Å². The predicted molar refractivity (Wildman–Crippen MR) is 131 cm³/mol. The molecular formula is C21H34IN5O3. The topological polar surface area (TPSA) is 78.4 Å². The van der Waals surface area contributed by atoms with Gasteiger partial charge in [-0.05, 0) is 26.2 Å². The average molecular weight is 531 g/mol. The van der Waals surface area contributed by atoms with Crippen LogP contribution in [-0.4, -0.2) is 76.3 Å². The molecule has 1 aromatic rings. The summed E-state index contributed by atoms with van der Waals surface area (Å²) in [7, 11) is 3.32. The summed E-state index contributed by atoms with van der Waals surface area (Å²) in [5.74, 6) is 2.38. The Morgan fingerprint density at radius 3 is 2.40 bits per heavy atom. The number of guanidine groups is 1. The molecule has 1 unspecified atom stereocenters. The van der Waals surface area contributed by atoms with Crippen LogP contribution in [0.2, 0.25) is 0 Å². The molecule has 1 atom stereocenters. The number of carbonyl (C=O) groups is 1. The van der Waals surface area contributed by atoms with Gasteiger partial charge in [0, 0.05) is 62.7 Å². The summed E-state index contributed by atoms with van der Waals surface area (Å²) in [5, 5.41) is 6.74. The maximum atomic E-state index is 12.3. The number of amides is 1. The van der Waals surface area contributed by atoms with Crippen molar-refractivity contribution < 1.29 is 14.3 Å². The number of hydrogen-bond acceptors (Lipinski definition) is 5. The summed E-state index contributed by atoms with van der Waals surface area (Å²) < 4.78 is 10.8. The van der Waals surface area contributed by atoms with Crippen molar-refractivity contribution in [2.45, 2.75) is 32.2 Å². The van der Waals surface area contributed by atoms with Gasteiger partial charge in [-0.25, -0.2) is 4.99 Å². The van der Waals surface area contributed by atoms with Crippen LogP contribution in [0.25, 0.3) is 0 Å². The van der Waals surface area contributed by atoms with Crippen molar-refractivity contribution in [3.8, 4) is 11.5 Å². The number of likely N-dealkylation sites (tertiary alicyclic amines) is 1. The molecule has 0 spiro atoms. The van der Waals surface area contributed by atoms with Gasteiger partial charge in [-0.1, -0.05) is 0 Å². The van der Waals surface area contributed by atoms with E-state index in [1.54, 1.807) is 14.2 Å². The van der Waals surface area contributed by atoms with Crippen LogP contribution in [0.15, 0.2) is 23.2 Å². The van der Waals surface area contributed by atoms with Crippen LogP contribution >= 0.6 is 24.0 Å². The molecule has 2 heterocycles. The van der Waals surface area contributed by atoms with E-state index in [0.717, 1.165) is 69.2 Å². The fourth-order valence-electron chi connectivity index (χ4n) is 3.81. The van der Waals surface area contributed by atoms with Gasteiger partial charge >= 0.3 is 0 Å². The fourth-order valence-corrected chi connectivity index (χ4v) is 3.81. The predicted octanol–water partition coefficient (Wildman–Crippen LogP) is 2.08. The quantitative estimate of drug-likeness (QED) is 0.319. The highest BCUT2D eigenvalue weighted by atomic mass is 127. The number of halogens is 1. The molecule has 9 heteroatoms. The highest BCUT2D eigenvalue weighted by Gasteiger charge is 2.25. The molecule has 0 radical (unpaired) electrons. The molecule has 2 aliphatic heterocycles. The average Bonchev–Trinajstić information content (AvgIpc) is 3.44. The summed E-state index contributed by atoms with van der Waals surface area (Å²) >= 11 is 0. The standard InChI is InChI=1S/C21H33N5O3.HI/c1-4-22-21(23-14-20(27)25-8-5-6-9-25)24-16-7-10-26(15-16)17-11-18(28-2)13-19(12-17)29-3;/h11-13,16H,4-10,14-15H2,1-3H3,(H2,22,23,24);1H. The number of nitrogens with zero attached hydrogens (tertiary/aromatic N) is 3. The number of hydrogen-bond donors (Lipinski definition) is 2. The van der Waals surface area contributed by atoms with Gasteiger partial charge in [0.05, 0.1) is 14.2 Å². The van der Waals surface area contributed by atoms with Gasteiger partial charge in [0.15, 0.2) is 5.96 Å².